The Kier molecular flexibility index (Phi) is 4.12. The first kappa shape index (κ1) is 15.0. The minimum Gasteiger partial charge on any atom is -0.465 e. The van der Waals surface area contributed by atoms with Gasteiger partial charge in [-0.15, -0.1) is 0 Å². The zero-order valence-corrected chi connectivity index (χ0v) is 11.9. The van der Waals surface area contributed by atoms with Crippen LogP contribution in [-0.4, -0.2) is 38.7 Å². The maximum atomic E-state index is 12.0. The zero-order chi connectivity index (χ0) is 14.8. The molecule has 0 unspecified atom stereocenters. The molecule has 0 radical (unpaired) electrons. The lowest BCUT2D eigenvalue weighted by molar-refractivity contribution is -0.0270. The fourth-order valence-corrected chi connectivity index (χ4v) is 3.08. The van der Waals surface area contributed by atoms with Crippen LogP contribution in [0, 0.1) is 0 Å². The topological polar surface area (TPSA) is 92.7 Å². The molecule has 1 fully saturated rings. The third kappa shape index (κ3) is 3.17. The average Bonchev–Trinajstić information content (AvgIpc) is 2.42. The summed E-state index contributed by atoms with van der Waals surface area (Å²) >= 11 is 0. The smallest absolute Gasteiger partial charge is 0.337 e. The summed E-state index contributed by atoms with van der Waals surface area (Å²) in [5, 5.41) is 9.88. The molecule has 2 N–H and O–H groups in total. The van der Waals surface area contributed by atoms with Crippen molar-refractivity contribution in [2.75, 3.05) is 13.7 Å². The molecule has 1 aliphatic carbocycles. The van der Waals surface area contributed by atoms with Crippen molar-refractivity contribution in [2.45, 2.75) is 29.8 Å². The lowest BCUT2D eigenvalue weighted by Crippen LogP contribution is -2.47. The van der Waals surface area contributed by atoms with Crippen molar-refractivity contribution >= 4 is 16.0 Å². The second-order valence-corrected chi connectivity index (χ2v) is 6.69. The van der Waals surface area contributed by atoms with Crippen molar-refractivity contribution in [1.29, 1.82) is 0 Å². The van der Waals surface area contributed by atoms with E-state index in [1.165, 1.54) is 31.4 Å². The van der Waals surface area contributed by atoms with E-state index in [4.69, 9.17) is 0 Å². The maximum absolute atomic E-state index is 12.0. The molecule has 1 saturated carbocycles. The highest BCUT2D eigenvalue weighted by molar-refractivity contribution is 7.89. The SMILES string of the molecule is COC(=O)c1ccc(S(=O)(=O)NCC2(O)CCC2)cc1. The van der Waals surface area contributed by atoms with Gasteiger partial charge in [0.25, 0.3) is 0 Å². The van der Waals surface area contributed by atoms with Gasteiger partial charge in [0.05, 0.1) is 23.2 Å². The predicted octanol–water partition coefficient (Wildman–Crippen LogP) is 0.666. The summed E-state index contributed by atoms with van der Waals surface area (Å²) in [6, 6.07) is 5.44. The molecular weight excluding hydrogens is 282 g/mol. The van der Waals surface area contributed by atoms with Gasteiger partial charge in [0.1, 0.15) is 0 Å². The Bertz CT molecular complexity index is 590. The van der Waals surface area contributed by atoms with Crippen LogP contribution in [0.3, 0.4) is 0 Å². The Morgan fingerprint density at radius 2 is 1.95 bits per heavy atom. The maximum Gasteiger partial charge on any atom is 0.337 e. The number of rotatable bonds is 5. The Balaban J connectivity index is 2.07. The van der Waals surface area contributed by atoms with E-state index >= 15 is 0 Å². The van der Waals surface area contributed by atoms with Crippen molar-refractivity contribution in [2.24, 2.45) is 0 Å². The molecular formula is C13H17NO5S. The molecule has 0 amide bonds. The number of hydrogen-bond acceptors (Lipinski definition) is 5. The number of esters is 1. The summed E-state index contributed by atoms with van der Waals surface area (Å²) in [5.41, 5.74) is -0.636. The normalized spacial score (nSPS) is 17.3. The van der Waals surface area contributed by atoms with Crippen LogP contribution in [0.5, 0.6) is 0 Å². The second-order valence-electron chi connectivity index (χ2n) is 4.92. The summed E-state index contributed by atoms with van der Waals surface area (Å²) in [6.07, 6.45) is 2.12. The van der Waals surface area contributed by atoms with Gasteiger partial charge in [-0.1, -0.05) is 0 Å². The lowest BCUT2D eigenvalue weighted by Gasteiger charge is -2.36. The second kappa shape index (κ2) is 5.51. The van der Waals surface area contributed by atoms with Gasteiger partial charge >= 0.3 is 5.97 Å². The number of nitrogens with one attached hydrogen (secondary N) is 1. The number of hydrogen-bond donors (Lipinski definition) is 2. The van der Waals surface area contributed by atoms with E-state index in [9.17, 15) is 18.3 Å². The third-order valence-electron chi connectivity index (χ3n) is 3.46. The first-order valence-electron chi connectivity index (χ1n) is 6.27. The Morgan fingerprint density at radius 3 is 2.40 bits per heavy atom. The fraction of sp³-hybridized carbons (Fsp3) is 0.462. The molecule has 0 heterocycles. The molecule has 0 bridgehead atoms. The van der Waals surface area contributed by atoms with Crippen LogP contribution in [0.1, 0.15) is 29.6 Å². The van der Waals surface area contributed by atoms with E-state index in [0.29, 0.717) is 12.8 Å². The molecule has 6 nitrogen and oxygen atoms in total. The standard InChI is InChI=1S/C13H17NO5S/c1-19-12(15)10-3-5-11(6-4-10)20(17,18)14-9-13(16)7-2-8-13/h3-6,14,16H,2,7-9H2,1H3. The zero-order valence-electron chi connectivity index (χ0n) is 11.1. The number of carbonyl (C=O) groups is 1. The quantitative estimate of drug-likeness (QED) is 0.779. The lowest BCUT2D eigenvalue weighted by atomic mass is 9.81. The largest absolute Gasteiger partial charge is 0.465 e. The van der Waals surface area contributed by atoms with Crippen LogP contribution >= 0.6 is 0 Å². The van der Waals surface area contributed by atoms with Crippen molar-refractivity contribution < 1.29 is 23.1 Å². The number of ether oxygens (including phenoxy) is 1. The summed E-state index contributed by atoms with van der Waals surface area (Å²) in [5.74, 6) is -0.523. The molecule has 20 heavy (non-hydrogen) atoms. The molecule has 0 aromatic heterocycles. The Hall–Kier alpha value is -1.44. The van der Waals surface area contributed by atoms with E-state index in [0.717, 1.165) is 6.42 Å². The molecule has 1 aliphatic rings. The molecule has 1 aromatic rings. The number of carbonyl (C=O) groups excluding carboxylic acids is 1. The minimum absolute atomic E-state index is 0.00802. The molecule has 1 aromatic carbocycles. The minimum atomic E-state index is -3.68. The highest BCUT2D eigenvalue weighted by atomic mass is 32.2. The third-order valence-corrected chi connectivity index (χ3v) is 4.88. The van der Waals surface area contributed by atoms with Gasteiger partial charge in [-0.2, -0.15) is 0 Å². The number of aliphatic hydroxyl groups is 1. The highest BCUT2D eigenvalue weighted by Gasteiger charge is 2.35. The fourth-order valence-electron chi connectivity index (χ4n) is 1.96. The van der Waals surface area contributed by atoms with E-state index in [2.05, 4.69) is 9.46 Å². The van der Waals surface area contributed by atoms with E-state index in [1.54, 1.807) is 0 Å². The van der Waals surface area contributed by atoms with Crippen LogP contribution in [0.15, 0.2) is 29.2 Å². The van der Waals surface area contributed by atoms with Gasteiger partial charge in [0.2, 0.25) is 10.0 Å². The summed E-state index contributed by atoms with van der Waals surface area (Å²) < 4.78 is 31.0. The van der Waals surface area contributed by atoms with Crippen molar-refractivity contribution in [3.63, 3.8) is 0 Å². The highest BCUT2D eigenvalue weighted by Crippen LogP contribution is 2.31. The van der Waals surface area contributed by atoms with E-state index in [-0.39, 0.29) is 17.0 Å². The summed E-state index contributed by atoms with van der Waals surface area (Å²) in [7, 11) is -2.42. The average molecular weight is 299 g/mol. The van der Waals surface area contributed by atoms with Crippen LogP contribution in [0.4, 0.5) is 0 Å². The van der Waals surface area contributed by atoms with Gasteiger partial charge in [-0.05, 0) is 43.5 Å². The molecule has 0 saturated heterocycles. The van der Waals surface area contributed by atoms with Crippen LogP contribution in [-0.2, 0) is 14.8 Å². The first-order chi connectivity index (χ1) is 9.36. The molecule has 7 heteroatoms. The molecule has 110 valence electrons. The van der Waals surface area contributed by atoms with Gasteiger partial charge < -0.3 is 9.84 Å². The van der Waals surface area contributed by atoms with Crippen molar-refractivity contribution in [1.82, 2.24) is 4.72 Å². The van der Waals surface area contributed by atoms with Crippen LogP contribution in [0.25, 0.3) is 0 Å². The van der Waals surface area contributed by atoms with E-state index < -0.39 is 21.6 Å². The summed E-state index contributed by atoms with van der Waals surface area (Å²) in [4.78, 5) is 11.3. The van der Waals surface area contributed by atoms with Gasteiger partial charge in [-0.25, -0.2) is 17.9 Å². The molecule has 0 atom stereocenters. The summed E-state index contributed by atoms with van der Waals surface area (Å²) in [6.45, 7) is 0.00802. The van der Waals surface area contributed by atoms with Gasteiger partial charge in [0, 0.05) is 6.54 Å². The number of benzene rings is 1. The Labute approximate surface area is 117 Å². The van der Waals surface area contributed by atoms with Gasteiger partial charge in [0.15, 0.2) is 0 Å². The molecule has 0 aliphatic heterocycles. The Morgan fingerprint density at radius 1 is 1.35 bits per heavy atom. The number of sulfonamides is 1. The van der Waals surface area contributed by atoms with Gasteiger partial charge in [-0.3, -0.25) is 0 Å². The van der Waals surface area contributed by atoms with Crippen molar-refractivity contribution in [3.05, 3.63) is 29.8 Å². The van der Waals surface area contributed by atoms with Crippen molar-refractivity contribution in [3.8, 4) is 0 Å². The van der Waals surface area contributed by atoms with Crippen LogP contribution in [0.2, 0.25) is 0 Å². The van der Waals surface area contributed by atoms with E-state index in [1.807, 2.05) is 0 Å². The molecule has 2 rings (SSSR count). The number of methoxy groups -OCH3 is 1. The predicted molar refractivity (Wildman–Crippen MR) is 71.8 cm³/mol. The monoisotopic (exact) mass is 299 g/mol. The molecule has 0 spiro atoms. The van der Waals surface area contributed by atoms with Crippen LogP contribution < -0.4 is 4.72 Å². The first-order valence-corrected chi connectivity index (χ1v) is 7.75.